The predicted octanol–water partition coefficient (Wildman–Crippen LogP) is 1.60. The van der Waals surface area contributed by atoms with E-state index in [1.165, 1.54) is 24.5 Å². The molecule has 0 bridgehead atoms. The van der Waals surface area contributed by atoms with E-state index in [1.807, 2.05) is 5.38 Å². The Bertz CT molecular complexity index is 603. The molecule has 0 amide bonds. The van der Waals surface area contributed by atoms with Crippen LogP contribution in [0, 0.1) is 0 Å². The Morgan fingerprint density at radius 3 is 3.11 bits per heavy atom. The van der Waals surface area contributed by atoms with Gasteiger partial charge in [0.2, 0.25) is 5.56 Å². The van der Waals surface area contributed by atoms with Crippen LogP contribution in [0.3, 0.4) is 0 Å². The zero-order valence-corrected chi connectivity index (χ0v) is 10.6. The number of pyridine rings is 1. The van der Waals surface area contributed by atoms with Crippen molar-refractivity contribution in [1.82, 2.24) is 9.97 Å². The second-order valence-electron chi connectivity index (χ2n) is 3.66. The molecule has 0 saturated heterocycles. The molecule has 0 aliphatic rings. The van der Waals surface area contributed by atoms with Gasteiger partial charge in [-0.1, -0.05) is 0 Å². The van der Waals surface area contributed by atoms with Crippen molar-refractivity contribution in [2.45, 2.75) is 12.8 Å². The first-order valence-corrected chi connectivity index (χ1v) is 6.27. The van der Waals surface area contributed by atoms with Crippen LogP contribution in [0.4, 0.5) is 0 Å². The monoisotopic (exact) mass is 264 g/mol. The van der Waals surface area contributed by atoms with Crippen molar-refractivity contribution in [3.05, 3.63) is 39.8 Å². The number of ether oxygens (including phenoxy) is 1. The molecule has 0 aliphatic heterocycles. The SMILES string of the molecule is COC(=O)CCc1csc(-c2cc[nH]c(=O)c2)n1. The van der Waals surface area contributed by atoms with Gasteiger partial charge in [0.1, 0.15) is 5.01 Å². The summed E-state index contributed by atoms with van der Waals surface area (Å²) in [7, 11) is 1.37. The molecule has 0 aromatic carbocycles. The van der Waals surface area contributed by atoms with E-state index in [4.69, 9.17) is 0 Å². The predicted molar refractivity (Wildman–Crippen MR) is 68.5 cm³/mol. The number of hydrogen-bond acceptors (Lipinski definition) is 5. The van der Waals surface area contributed by atoms with Gasteiger partial charge in [0, 0.05) is 29.6 Å². The molecular formula is C12H12N2O3S. The van der Waals surface area contributed by atoms with Crippen LogP contribution in [-0.2, 0) is 16.0 Å². The molecule has 0 unspecified atom stereocenters. The highest BCUT2D eigenvalue weighted by atomic mass is 32.1. The lowest BCUT2D eigenvalue weighted by Gasteiger charge is -1.96. The molecule has 2 aromatic heterocycles. The summed E-state index contributed by atoms with van der Waals surface area (Å²) in [6, 6.07) is 3.30. The fraction of sp³-hybridized carbons (Fsp3) is 0.250. The van der Waals surface area contributed by atoms with E-state index < -0.39 is 0 Å². The Labute approximate surface area is 107 Å². The molecule has 0 atom stereocenters. The first-order valence-electron chi connectivity index (χ1n) is 5.39. The van der Waals surface area contributed by atoms with E-state index in [9.17, 15) is 9.59 Å². The van der Waals surface area contributed by atoms with Crippen molar-refractivity contribution in [2.75, 3.05) is 7.11 Å². The van der Waals surface area contributed by atoms with Crippen molar-refractivity contribution in [3.8, 4) is 10.6 Å². The number of methoxy groups -OCH3 is 1. The molecule has 0 radical (unpaired) electrons. The lowest BCUT2D eigenvalue weighted by atomic mass is 10.2. The number of aryl methyl sites for hydroxylation is 1. The zero-order chi connectivity index (χ0) is 13.0. The average Bonchev–Trinajstić information content (AvgIpc) is 2.84. The van der Waals surface area contributed by atoms with E-state index >= 15 is 0 Å². The van der Waals surface area contributed by atoms with Gasteiger partial charge >= 0.3 is 5.97 Å². The van der Waals surface area contributed by atoms with Crippen molar-refractivity contribution < 1.29 is 9.53 Å². The number of nitrogens with one attached hydrogen (secondary N) is 1. The second-order valence-corrected chi connectivity index (χ2v) is 4.52. The summed E-state index contributed by atoms with van der Waals surface area (Å²) >= 11 is 1.45. The van der Waals surface area contributed by atoms with E-state index in [0.29, 0.717) is 12.8 Å². The van der Waals surface area contributed by atoms with Gasteiger partial charge in [0.25, 0.3) is 0 Å². The molecule has 0 spiro atoms. The van der Waals surface area contributed by atoms with Gasteiger partial charge < -0.3 is 9.72 Å². The highest BCUT2D eigenvalue weighted by Crippen LogP contribution is 2.22. The summed E-state index contributed by atoms with van der Waals surface area (Å²) in [6.45, 7) is 0. The molecule has 2 rings (SSSR count). The lowest BCUT2D eigenvalue weighted by Crippen LogP contribution is -2.02. The third-order valence-electron chi connectivity index (χ3n) is 2.39. The number of hydrogen-bond donors (Lipinski definition) is 1. The van der Waals surface area contributed by atoms with E-state index in [0.717, 1.165) is 16.3 Å². The standard InChI is InChI=1S/C12H12N2O3S/c1-17-11(16)3-2-9-7-18-12(14-9)8-4-5-13-10(15)6-8/h4-7H,2-3H2,1H3,(H,13,15). The minimum Gasteiger partial charge on any atom is -0.469 e. The maximum absolute atomic E-state index is 11.2. The summed E-state index contributed by atoms with van der Waals surface area (Å²) in [6.07, 6.45) is 2.45. The van der Waals surface area contributed by atoms with Gasteiger partial charge in [-0.2, -0.15) is 0 Å². The smallest absolute Gasteiger partial charge is 0.305 e. The van der Waals surface area contributed by atoms with Crippen molar-refractivity contribution >= 4 is 17.3 Å². The number of thiazole rings is 1. The minimum atomic E-state index is -0.249. The van der Waals surface area contributed by atoms with Gasteiger partial charge in [0.15, 0.2) is 0 Å². The van der Waals surface area contributed by atoms with E-state index in [2.05, 4.69) is 14.7 Å². The molecule has 6 heteroatoms. The minimum absolute atomic E-state index is 0.154. The summed E-state index contributed by atoms with van der Waals surface area (Å²) in [4.78, 5) is 29.1. The van der Waals surface area contributed by atoms with Crippen LogP contribution in [0.1, 0.15) is 12.1 Å². The van der Waals surface area contributed by atoms with Gasteiger partial charge in [-0.3, -0.25) is 9.59 Å². The third kappa shape index (κ3) is 3.04. The Hall–Kier alpha value is -1.95. The van der Waals surface area contributed by atoms with E-state index in [1.54, 1.807) is 12.3 Å². The number of rotatable bonds is 4. The highest BCUT2D eigenvalue weighted by molar-refractivity contribution is 7.13. The quantitative estimate of drug-likeness (QED) is 0.851. The molecule has 0 fully saturated rings. The van der Waals surface area contributed by atoms with Gasteiger partial charge in [-0.05, 0) is 6.07 Å². The fourth-order valence-electron chi connectivity index (χ4n) is 1.46. The molecule has 18 heavy (non-hydrogen) atoms. The lowest BCUT2D eigenvalue weighted by molar-refractivity contribution is -0.140. The van der Waals surface area contributed by atoms with Crippen LogP contribution in [0.25, 0.3) is 10.6 Å². The molecule has 0 aliphatic carbocycles. The van der Waals surface area contributed by atoms with Crippen molar-refractivity contribution in [1.29, 1.82) is 0 Å². The Balaban J connectivity index is 2.11. The van der Waals surface area contributed by atoms with Crippen LogP contribution in [0.5, 0.6) is 0 Å². The van der Waals surface area contributed by atoms with Crippen LogP contribution in [-0.4, -0.2) is 23.0 Å². The largest absolute Gasteiger partial charge is 0.469 e. The number of nitrogens with zero attached hydrogens (tertiary/aromatic N) is 1. The highest BCUT2D eigenvalue weighted by Gasteiger charge is 2.07. The number of aromatic amines is 1. The summed E-state index contributed by atoms with van der Waals surface area (Å²) < 4.78 is 4.57. The summed E-state index contributed by atoms with van der Waals surface area (Å²) in [5.41, 5.74) is 1.47. The fourth-order valence-corrected chi connectivity index (χ4v) is 2.32. The Morgan fingerprint density at radius 2 is 2.39 bits per heavy atom. The molecule has 2 heterocycles. The third-order valence-corrected chi connectivity index (χ3v) is 3.33. The first-order chi connectivity index (χ1) is 8.69. The van der Waals surface area contributed by atoms with Gasteiger partial charge in [-0.15, -0.1) is 11.3 Å². The second kappa shape index (κ2) is 5.59. The van der Waals surface area contributed by atoms with Gasteiger partial charge in [-0.25, -0.2) is 4.98 Å². The van der Waals surface area contributed by atoms with Crippen molar-refractivity contribution in [2.24, 2.45) is 0 Å². The molecule has 5 nitrogen and oxygen atoms in total. The van der Waals surface area contributed by atoms with Crippen LogP contribution in [0.15, 0.2) is 28.5 Å². The Kier molecular flexibility index (Phi) is 3.88. The molecule has 2 aromatic rings. The average molecular weight is 264 g/mol. The zero-order valence-electron chi connectivity index (χ0n) is 9.80. The molecule has 94 valence electrons. The van der Waals surface area contributed by atoms with Crippen LogP contribution >= 0.6 is 11.3 Å². The molecular weight excluding hydrogens is 252 g/mol. The molecule has 1 N–H and O–H groups in total. The Morgan fingerprint density at radius 1 is 1.56 bits per heavy atom. The molecule has 0 saturated carbocycles. The summed E-state index contributed by atoms with van der Waals surface area (Å²) in [5.74, 6) is -0.249. The maximum atomic E-state index is 11.2. The number of esters is 1. The number of H-pyrrole nitrogens is 1. The number of carbonyl (C=O) groups excluding carboxylic acids is 1. The van der Waals surface area contributed by atoms with Crippen LogP contribution < -0.4 is 5.56 Å². The first kappa shape index (κ1) is 12.5. The topological polar surface area (TPSA) is 72.1 Å². The normalized spacial score (nSPS) is 10.3. The van der Waals surface area contributed by atoms with Crippen LogP contribution in [0.2, 0.25) is 0 Å². The number of aromatic nitrogens is 2. The van der Waals surface area contributed by atoms with E-state index in [-0.39, 0.29) is 11.5 Å². The van der Waals surface area contributed by atoms with Crippen molar-refractivity contribution in [3.63, 3.8) is 0 Å². The summed E-state index contributed by atoms with van der Waals surface area (Å²) in [5, 5.41) is 2.67. The maximum Gasteiger partial charge on any atom is 0.305 e. The number of carbonyl (C=O) groups is 1. The van der Waals surface area contributed by atoms with Gasteiger partial charge in [0.05, 0.1) is 19.2 Å².